The number of ether oxygens (including phenoxy) is 1. The average Bonchev–Trinajstić information content (AvgIpc) is 3.04. The van der Waals surface area contributed by atoms with Crippen LogP contribution in [0.1, 0.15) is 15.4 Å². The molecule has 2 heterocycles. The zero-order valence-corrected chi connectivity index (χ0v) is 15.3. The van der Waals surface area contributed by atoms with Crippen LogP contribution in [-0.2, 0) is 6.54 Å². The second kappa shape index (κ2) is 7.68. The topological polar surface area (TPSA) is 42.4 Å². The number of hydrogen-bond acceptors (Lipinski definition) is 4. The summed E-state index contributed by atoms with van der Waals surface area (Å²) in [6.45, 7) is 4.66. The number of aromatic nitrogens is 1. The van der Waals surface area contributed by atoms with E-state index in [1.807, 2.05) is 36.4 Å². The summed E-state index contributed by atoms with van der Waals surface area (Å²) < 4.78 is 5.92. The van der Waals surface area contributed by atoms with Crippen molar-refractivity contribution in [1.82, 2.24) is 9.88 Å². The van der Waals surface area contributed by atoms with Gasteiger partial charge in [0.15, 0.2) is 0 Å². The van der Waals surface area contributed by atoms with Gasteiger partial charge in [-0.1, -0.05) is 23.7 Å². The normalized spacial score (nSPS) is 10.6. The van der Waals surface area contributed by atoms with E-state index < -0.39 is 0 Å². The van der Waals surface area contributed by atoms with Gasteiger partial charge >= 0.3 is 0 Å². The molecule has 6 heteroatoms. The van der Waals surface area contributed by atoms with Crippen LogP contribution in [0.25, 0.3) is 10.9 Å². The summed E-state index contributed by atoms with van der Waals surface area (Å²) >= 11 is 7.44. The molecule has 0 fully saturated rings. The van der Waals surface area contributed by atoms with E-state index >= 15 is 0 Å². The van der Waals surface area contributed by atoms with Gasteiger partial charge in [0.05, 0.1) is 23.5 Å². The third-order valence-electron chi connectivity index (χ3n) is 3.73. The second-order valence-electron chi connectivity index (χ2n) is 5.44. The van der Waals surface area contributed by atoms with Crippen molar-refractivity contribution in [2.45, 2.75) is 6.54 Å². The molecule has 0 bridgehead atoms. The quantitative estimate of drug-likeness (QED) is 0.584. The number of carbonyl (C=O) groups is 1. The van der Waals surface area contributed by atoms with Crippen LogP contribution in [0.5, 0.6) is 5.75 Å². The van der Waals surface area contributed by atoms with Gasteiger partial charge in [0.2, 0.25) is 0 Å². The molecule has 25 heavy (non-hydrogen) atoms. The van der Waals surface area contributed by atoms with Gasteiger partial charge in [-0.3, -0.25) is 4.79 Å². The zero-order chi connectivity index (χ0) is 17.8. The van der Waals surface area contributed by atoms with Gasteiger partial charge in [-0.25, -0.2) is 4.98 Å². The van der Waals surface area contributed by atoms with E-state index in [1.54, 1.807) is 24.2 Å². The first kappa shape index (κ1) is 17.5. The van der Waals surface area contributed by atoms with Crippen molar-refractivity contribution in [2.24, 2.45) is 0 Å². The van der Waals surface area contributed by atoms with Gasteiger partial charge in [0.25, 0.3) is 5.91 Å². The van der Waals surface area contributed by atoms with Crippen LogP contribution in [0.15, 0.2) is 55.1 Å². The summed E-state index contributed by atoms with van der Waals surface area (Å²) in [6.07, 6.45) is 1.71. The van der Waals surface area contributed by atoms with E-state index in [0.29, 0.717) is 23.1 Å². The number of methoxy groups -OCH3 is 1. The number of thiophene rings is 1. The molecular formula is C19H17ClN2O2S. The number of fused-ring (bicyclic) bond motifs is 1. The minimum atomic E-state index is -0.137. The smallest absolute Gasteiger partial charge is 0.273 e. The maximum atomic E-state index is 12.9. The van der Waals surface area contributed by atoms with Crippen LogP contribution < -0.4 is 4.74 Å². The Bertz CT molecular complexity index is 923. The van der Waals surface area contributed by atoms with Gasteiger partial charge < -0.3 is 9.64 Å². The number of rotatable bonds is 6. The first-order valence-corrected chi connectivity index (χ1v) is 8.89. The number of benzene rings is 1. The van der Waals surface area contributed by atoms with Crippen LogP contribution in [-0.4, -0.2) is 29.4 Å². The number of halogens is 1. The van der Waals surface area contributed by atoms with Gasteiger partial charge in [0, 0.05) is 16.8 Å². The summed E-state index contributed by atoms with van der Waals surface area (Å²) in [7, 11) is 1.62. The molecule has 128 valence electrons. The highest BCUT2D eigenvalue weighted by Crippen LogP contribution is 2.24. The standard InChI is InChI=1S/C19H17ClN2O2S/c1-3-10-22(12-15-6-9-18(20)25-15)19(23)17-7-4-13-11-14(24-2)5-8-16(13)21-17/h3-9,11H,1,10,12H2,2H3. The van der Waals surface area contributed by atoms with Gasteiger partial charge in [-0.2, -0.15) is 0 Å². The lowest BCUT2D eigenvalue weighted by molar-refractivity contribution is 0.0759. The molecule has 0 aliphatic rings. The van der Waals surface area contributed by atoms with Gasteiger partial charge in [-0.05, 0) is 36.4 Å². The van der Waals surface area contributed by atoms with Crippen LogP contribution in [0.4, 0.5) is 0 Å². The van der Waals surface area contributed by atoms with Crippen molar-refractivity contribution >= 4 is 39.7 Å². The van der Waals surface area contributed by atoms with Crippen molar-refractivity contribution in [2.75, 3.05) is 13.7 Å². The van der Waals surface area contributed by atoms with E-state index in [2.05, 4.69) is 11.6 Å². The molecule has 0 radical (unpaired) electrons. The SMILES string of the molecule is C=CCN(Cc1ccc(Cl)s1)C(=O)c1ccc2cc(OC)ccc2n1. The molecule has 1 aromatic carbocycles. The lowest BCUT2D eigenvalue weighted by Gasteiger charge is -2.20. The Morgan fingerprint density at radius 2 is 2.16 bits per heavy atom. The zero-order valence-electron chi connectivity index (χ0n) is 13.7. The molecule has 0 atom stereocenters. The molecule has 0 unspecified atom stereocenters. The molecule has 4 nitrogen and oxygen atoms in total. The molecular weight excluding hydrogens is 356 g/mol. The Morgan fingerprint density at radius 3 is 2.84 bits per heavy atom. The maximum Gasteiger partial charge on any atom is 0.273 e. The van der Waals surface area contributed by atoms with Crippen LogP contribution in [0, 0.1) is 0 Å². The third kappa shape index (κ3) is 4.00. The molecule has 0 saturated heterocycles. The molecule has 0 N–H and O–H groups in total. The summed E-state index contributed by atoms with van der Waals surface area (Å²) in [5, 5.41) is 0.927. The van der Waals surface area contributed by atoms with Crippen molar-refractivity contribution in [3.63, 3.8) is 0 Å². The second-order valence-corrected chi connectivity index (χ2v) is 7.23. The average molecular weight is 373 g/mol. The van der Waals surface area contributed by atoms with Crippen LogP contribution in [0.2, 0.25) is 4.34 Å². The summed E-state index contributed by atoms with van der Waals surface area (Å²) in [5.74, 6) is 0.623. The first-order chi connectivity index (χ1) is 12.1. The molecule has 1 amide bonds. The van der Waals surface area contributed by atoms with E-state index in [1.165, 1.54) is 11.3 Å². The summed E-state index contributed by atoms with van der Waals surface area (Å²) in [6, 6.07) is 13.0. The molecule has 0 saturated carbocycles. The highest BCUT2D eigenvalue weighted by atomic mass is 35.5. The highest BCUT2D eigenvalue weighted by molar-refractivity contribution is 7.16. The molecule has 0 spiro atoms. The molecule has 0 aliphatic heterocycles. The Hall–Kier alpha value is -2.37. The fraction of sp³-hybridized carbons (Fsp3) is 0.158. The van der Waals surface area contributed by atoms with Crippen molar-refractivity contribution in [1.29, 1.82) is 0 Å². The number of carbonyl (C=O) groups excluding carboxylic acids is 1. The Morgan fingerprint density at radius 1 is 1.32 bits per heavy atom. The van der Waals surface area contributed by atoms with Crippen molar-refractivity contribution in [3.05, 3.63) is 70.0 Å². The lowest BCUT2D eigenvalue weighted by atomic mass is 10.2. The van der Waals surface area contributed by atoms with Crippen molar-refractivity contribution < 1.29 is 9.53 Å². The molecule has 3 rings (SSSR count). The first-order valence-electron chi connectivity index (χ1n) is 7.70. The van der Waals surface area contributed by atoms with E-state index in [9.17, 15) is 4.79 Å². The summed E-state index contributed by atoms with van der Waals surface area (Å²) in [4.78, 5) is 20.1. The van der Waals surface area contributed by atoms with Crippen molar-refractivity contribution in [3.8, 4) is 5.75 Å². The number of amides is 1. The van der Waals surface area contributed by atoms with E-state index in [0.717, 1.165) is 21.5 Å². The predicted molar refractivity (Wildman–Crippen MR) is 103 cm³/mol. The Kier molecular flexibility index (Phi) is 5.36. The monoisotopic (exact) mass is 372 g/mol. The Balaban J connectivity index is 1.87. The highest BCUT2D eigenvalue weighted by Gasteiger charge is 2.17. The molecule has 0 aliphatic carbocycles. The summed E-state index contributed by atoms with van der Waals surface area (Å²) in [5.41, 5.74) is 1.16. The largest absolute Gasteiger partial charge is 0.497 e. The molecule has 3 aromatic rings. The minimum Gasteiger partial charge on any atom is -0.497 e. The molecule has 2 aromatic heterocycles. The number of nitrogens with zero attached hydrogens (tertiary/aromatic N) is 2. The number of pyridine rings is 1. The fourth-order valence-corrected chi connectivity index (χ4v) is 3.61. The fourth-order valence-electron chi connectivity index (χ4n) is 2.51. The Labute approximate surface area is 155 Å². The van der Waals surface area contributed by atoms with Crippen LogP contribution in [0.3, 0.4) is 0 Å². The van der Waals surface area contributed by atoms with Gasteiger partial charge in [-0.15, -0.1) is 17.9 Å². The van der Waals surface area contributed by atoms with E-state index in [-0.39, 0.29) is 5.91 Å². The predicted octanol–water partition coefficient (Wildman–Crippen LogP) is 4.79. The lowest BCUT2D eigenvalue weighted by Crippen LogP contribution is -2.31. The van der Waals surface area contributed by atoms with Gasteiger partial charge in [0.1, 0.15) is 11.4 Å². The van der Waals surface area contributed by atoms with E-state index in [4.69, 9.17) is 16.3 Å². The maximum absolute atomic E-state index is 12.9. The minimum absolute atomic E-state index is 0.137. The van der Waals surface area contributed by atoms with Crippen LogP contribution >= 0.6 is 22.9 Å². The third-order valence-corrected chi connectivity index (χ3v) is 4.94. The number of hydrogen-bond donors (Lipinski definition) is 0.